The number of ether oxygens (including phenoxy) is 1. The van der Waals surface area contributed by atoms with Crippen LogP contribution >= 0.6 is 23.2 Å². The molecule has 1 aromatic rings. The molecule has 0 bridgehead atoms. The molecule has 1 rings (SSSR count). The quantitative estimate of drug-likeness (QED) is 0.621. The lowest BCUT2D eigenvalue weighted by Crippen LogP contribution is -2.42. The average Bonchev–Trinajstić information content (AvgIpc) is 2.48. The summed E-state index contributed by atoms with van der Waals surface area (Å²) in [5, 5.41) is 3.99. The number of rotatable bonds is 9. The first kappa shape index (κ1) is 19.1. The minimum absolute atomic E-state index is 0.116. The Bertz CT molecular complexity index is 480. The first-order chi connectivity index (χ1) is 10.5. The topological polar surface area (TPSA) is 38.3 Å². The van der Waals surface area contributed by atoms with Gasteiger partial charge in [0.15, 0.2) is 6.10 Å². The molecule has 0 spiro atoms. The molecule has 1 amide bonds. The van der Waals surface area contributed by atoms with Crippen LogP contribution in [0.15, 0.2) is 18.2 Å². The molecular formula is C17H25Cl2NO2. The van der Waals surface area contributed by atoms with Crippen LogP contribution < -0.4 is 10.1 Å². The molecule has 124 valence electrons. The molecule has 2 unspecified atom stereocenters. The van der Waals surface area contributed by atoms with Crippen molar-refractivity contribution < 1.29 is 9.53 Å². The van der Waals surface area contributed by atoms with E-state index in [1.54, 1.807) is 25.1 Å². The van der Waals surface area contributed by atoms with E-state index >= 15 is 0 Å². The van der Waals surface area contributed by atoms with E-state index in [4.69, 9.17) is 27.9 Å². The predicted molar refractivity (Wildman–Crippen MR) is 92.9 cm³/mol. The second-order valence-corrected chi connectivity index (χ2v) is 6.29. The Balaban J connectivity index is 2.53. The highest BCUT2D eigenvalue weighted by Crippen LogP contribution is 2.28. The summed E-state index contributed by atoms with van der Waals surface area (Å²) in [6.07, 6.45) is 4.83. The predicted octanol–water partition coefficient (Wildman–Crippen LogP) is 5.24. The van der Waals surface area contributed by atoms with Gasteiger partial charge in [-0.2, -0.15) is 0 Å². The van der Waals surface area contributed by atoms with Crippen LogP contribution in [0.1, 0.15) is 52.9 Å². The van der Waals surface area contributed by atoms with E-state index in [-0.39, 0.29) is 11.9 Å². The number of benzene rings is 1. The highest BCUT2D eigenvalue weighted by atomic mass is 35.5. The van der Waals surface area contributed by atoms with Gasteiger partial charge < -0.3 is 10.1 Å². The first-order valence-corrected chi connectivity index (χ1v) is 8.65. The van der Waals surface area contributed by atoms with Gasteiger partial charge in [-0.3, -0.25) is 4.79 Å². The Morgan fingerprint density at radius 3 is 2.59 bits per heavy atom. The third kappa shape index (κ3) is 6.45. The van der Waals surface area contributed by atoms with Crippen molar-refractivity contribution in [2.24, 2.45) is 0 Å². The molecule has 22 heavy (non-hydrogen) atoms. The Morgan fingerprint density at radius 1 is 1.27 bits per heavy atom. The van der Waals surface area contributed by atoms with Crippen molar-refractivity contribution in [1.82, 2.24) is 5.32 Å². The maximum atomic E-state index is 12.2. The number of hydrogen-bond acceptors (Lipinski definition) is 2. The van der Waals surface area contributed by atoms with Gasteiger partial charge in [0, 0.05) is 11.1 Å². The number of carbonyl (C=O) groups is 1. The standard InChI is InChI=1S/C17H25Cl2NO2/c1-4-6-7-8-14(5-2)20-17(21)12(3)22-16-10-9-13(18)11-15(16)19/h9-12,14H,4-8H2,1-3H3,(H,20,21). The largest absolute Gasteiger partial charge is 0.479 e. The molecule has 0 radical (unpaired) electrons. The molecular weight excluding hydrogens is 321 g/mol. The van der Waals surface area contributed by atoms with E-state index < -0.39 is 6.10 Å². The fraction of sp³-hybridized carbons (Fsp3) is 0.588. The van der Waals surface area contributed by atoms with Crippen LogP contribution in [0.5, 0.6) is 5.75 Å². The lowest BCUT2D eigenvalue weighted by Gasteiger charge is -2.21. The van der Waals surface area contributed by atoms with Crippen LogP contribution in [0.2, 0.25) is 10.0 Å². The maximum absolute atomic E-state index is 12.2. The second kappa shape index (κ2) is 9.96. The highest BCUT2D eigenvalue weighted by molar-refractivity contribution is 6.35. The summed E-state index contributed by atoms with van der Waals surface area (Å²) in [5.41, 5.74) is 0. The van der Waals surface area contributed by atoms with Crippen LogP contribution in [-0.4, -0.2) is 18.1 Å². The summed E-state index contributed by atoms with van der Waals surface area (Å²) in [5.74, 6) is 0.349. The number of amides is 1. The fourth-order valence-electron chi connectivity index (χ4n) is 2.15. The molecule has 0 fully saturated rings. The molecule has 5 heteroatoms. The van der Waals surface area contributed by atoms with Gasteiger partial charge in [-0.15, -0.1) is 0 Å². The van der Waals surface area contributed by atoms with Crippen molar-refractivity contribution in [1.29, 1.82) is 0 Å². The zero-order valence-electron chi connectivity index (χ0n) is 13.5. The van der Waals surface area contributed by atoms with E-state index in [0.29, 0.717) is 15.8 Å². The molecule has 0 saturated carbocycles. The van der Waals surface area contributed by atoms with Gasteiger partial charge in [-0.25, -0.2) is 0 Å². The van der Waals surface area contributed by atoms with Gasteiger partial charge in [-0.05, 0) is 38.0 Å². The molecule has 0 heterocycles. The summed E-state index contributed by atoms with van der Waals surface area (Å²) in [4.78, 5) is 12.2. The normalized spacial score (nSPS) is 13.5. The van der Waals surface area contributed by atoms with Crippen LogP contribution in [0.4, 0.5) is 0 Å². The molecule has 3 nitrogen and oxygen atoms in total. The van der Waals surface area contributed by atoms with E-state index in [9.17, 15) is 4.79 Å². The number of nitrogens with one attached hydrogen (secondary N) is 1. The highest BCUT2D eigenvalue weighted by Gasteiger charge is 2.19. The molecule has 0 aliphatic heterocycles. The fourth-order valence-corrected chi connectivity index (χ4v) is 2.61. The Kier molecular flexibility index (Phi) is 8.66. The van der Waals surface area contributed by atoms with Crippen LogP contribution in [-0.2, 0) is 4.79 Å². The third-order valence-electron chi connectivity index (χ3n) is 3.56. The van der Waals surface area contributed by atoms with Gasteiger partial charge in [0.1, 0.15) is 5.75 Å². The van der Waals surface area contributed by atoms with Crippen molar-refractivity contribution in [2.75, 3.05) is 0 Å². The van der Waals surface area contributed by atoms with E-state index in [1.807, 2.05) is 0 Å². The SMILES string of the molecule is CCCCCC(CC)NC(=O)C(C)Oc1ccc(Cl)cc1Cl. The van der Waals surface area contributed by atoms with Gasteiger partial charge in [0.25, 0.3) is 5.91 Å². The van der Waals surface area contributed by atoms with Crippen molar-refractivity contribution in [2.45, 2.75) is 65.0 Å². The molecule has 0 saturated heterocycles. The molecule has 0 aromatic heterocycles. The van der Waals surface area contributed by atoms with Crippen molar-refractivity contribution in [3.05, 3.63) is 28.2 Å². The number of unbranched alkanes of at least 4 members (excludes halogenated alkanes) is 2. The monoisotopic (exact) mass is 345 g/mol. The van der Waals surface area contributed by atoms with E-state index in [2.05, 4.69) is 19.2 Å². The summed E-state index contributed by atoms with van der Waals surface area (Å²) in [7, 11) is 0. The average molecular weight is 346 g/mol. The van der Waals surface area contributed by atoms with Gasteiger partial charge in [0.05, 0.1) is 5.02 Å². The number of hydrogen-bond donors (Lipinski definition) is 1. The maximum Gasteiger partial charge on any atom is 0.260 e. The lowest BCUT2D eigenvalue weighted by atomic mass is 10.1. The van der Waals surface area contributed by atoms with Crippen molar-refractivity contribution in [3.8, 4) is 5.75 Å². The second-order valence-electron chi connectivity index (χ2n) is 5.44. The minimum Gasteiger partial charge on any atom is -0.479 e. The number of carbonyl (C=O) groups excluding carboxylic acids is 1. The smallest absolute Gasteiger partial charge is 0.260 e. The Labute approximate surface area is 143 Å². The molecule has 1 aromatic carbocycles. The minimum atomic E-state index is -0.598. The molecule has 0 aliphatic carbocycles. The van der Waals surface area contributed by atoms with Gasteiger partial charge in [0.2, 0.25) is 0 Å². The summed E-state index contributed by atoms with van der Waals surface area (Å²) >= 11 is 11.9. The summed E-state index contributed by atoms with van der Waals surface area (Å²) < 4.78 is 5.63. The van der Waals surface area contributed by atoms with Crippen LogP contribution in [0.3, 0.4) is 0 Å². The zero-order chi connectivity index (χ0) is 16.5. The third-order valence-corrected chi connectivity index (χ3v) is 4.09. The van der Waals surface area contributed by atoms with E-state index in [1.165, 1.54) is 12.8 Å². The summed E-state index contributed by atoms with van der Waals surface area (Å²) in [6, 6.07) is 5.16. The first-order valence-electron chi connectivity index (χ1n) is 7.90. The Morgan fingerprint density at radius 2 is 2.00 bits per heavy atom. The lowest BCUT2D eigenvalue weighted by molar-refractivity contribution is -0.128. The molecule has 2 atom stereocenters. The summed E-state index contributed by atoms with van der Waals surface area (Å²) in [6.45, 7) is 5.98. The van der Waals surface area contributed by atoms with Crippen LogP contribution in [0.25, 0.3) is 0 Å². The van der Waals surface area contributed by atoms with Crippen molar-refractivity contribution >= 4 is 29.1 Å². The van der Waals surface area contributed by atoms with Crippen molar-refractivity contribution in [3.63, 3.8) is 0 Å². The van der Waals surface area contributed by atoms with Crippen LogP contribution in [0, 0.1) is 0 Å². The number of halogens is 2. The Hall–Kier alpha value is -0.930. The van der Waals surface area contributed by atoms with Gasteiger partial charge in [-0.1, -0.05) is 56.3 Å². The molecule has 0 aliphatic rings. The van der Waals surface area contributed by atoms with E-state index in [0.717, 1.165) is 19.3 Å². The zero-order valence-corrected chi connectivity index (χ0v) is 15.0. The van der Waals surface area contributed by atoms with Gasteiger partial charge >= 0.3 is 0 Å². The molecule has 1 N–H and O–H groups in total.